The molecule has 0 radical (unpaired) electrons. The summed E-state index contributed by atoms with van der Waals surface area (Å²) in [5.74, 6) is 0.293. The van der Waals surface area contributed by atoms with Crippen molar-refractivity contribution in [3.05, 3.63) is 29.3 Å². The quantitative estimate of drug-likeness (QED) is 0.668. The van der Waals surface area contributed by atoms with Gasteiger partial charge in [0.1, 0.15) is 5.75 Å². The van der Waals surface area contributed by atoms with Gasteiger partial charge in [0, 0.05) is 5.56 Å². The van der Waals surface area contributed by atoms with Crippen LogP contribution in [0.15, 0.2) is 18.2 Å². The molecule has 3 nitrogen and oxygen atoms in total. The first-order valence-electron chi connectivity index (χ1n) is 4.56. The summed E-state index contributed by atoms with van der Waals surface area (Å²) in [6.45, 7) is 2.35. The minimum Gasteiger partial charge on any atom is -0.493 e. The van der Waals surface area contributed by atoms with Crippen molar-refractivity contribution < 1.29 is 14.3 Å². The summed E-state index contributed by atoms with van der Waals surface area (Å²) in [5, 5.41) is 0. The lowest BCUT2D eigenvalue weighted by atomic mass is 10.1. The van der Waals surface area contributed by atoms with Crippen molar-refractivity contribution >= 4 is 11.6 Å². The Balaban J connectivity index is 2.56. The molecule has 1 aliphatic carbocycles. The van der Waals surface area contributed by atoms with Crippen molar-refractivity contribution in [2.45, 2.75) is 13.3 Å². The highest BCUT2D eigenvalue weighted by atomic mass is 16.5. The Morgan fingerprint density at radius 3 is 2.79 bits per heavy atom. The number of ether oxygens (including phenoxy) is 1. The van der Waals surface area contributed by atoms with Gasteiger partial charge < -0.3 is 4.74 Å². The number of benzene rings is 1. The first kappa shape index (κ1) is 8.94. The highest BCUT2D eigenvalue weighted by Crippen LogP contribution is 2.30. The van der Waals surface area contributed by atoms with Crippen LogP contribution < -0.4 is 4.74 Å². The van der Waals surface area contributed by atoms with Gasteiger partial charge >= 0.3 is 0 Å². The smallest absolute Gasteiger partial charge is 0.175 e. The molecule has 1 aromatic carbocycles. The van der Waals surface area contributed by atoms with Crippen LogP contribution in [0.1, 0.15) is 34.1 Å². The van der Waals surface area contributed by atoms with E-state index in [9.17, 15) is 9.59 Å². The second-order valence-corrected chi connectivity index (χ2v) is 3.13. The van der Waals surface area contributed by atoms with Crippen LogP contribution in [-0.4, -0.2) is 18.2 Å². The molecule has 0 saturated heterocycles. The van der Waals surface area contributed by atoms with Gasteiger partial charge in [-0.1, -0.05) is 12.1 Å². The van der Waals surface area contributed by atoms with E-state index in [0.717, 1.165) is 0 Å². The van der Waals surface area contributed by atoms with Crippen LogP contribution in [-0.2, 0) is 0 Å². The van der Waals surface area contributed by atoms with Crippen molar-refractivity contribution in [1.29, 1.82) is 0 Å². The molecule has 14 heavy (non-hydrogen) atoms. The molecule has 1 aromatic rings. The summed E-state index contributed by atoms with van der Waals surface area (Å²) in [5.41, 5.74) is 0.959. The second kappa shape index (κ2) is 3.25. The third-order valence-corrected chi connectivity index (χ3v) is 2.23. The molecule has 0 atom stereocenters. The van der Waals surface area contributed by atoms with Gasteiger partial charge in [0.15, 0.2) is 11.6 Å². The van der Waals surface area contributed by atoms with Crippen LogP contribution in [0.25, 0.3) is 0 Å². The van der Waals surface area contributed by atoms with Gasteiger partial charge in [0.25, 0.3) is 0 Å². The van der Waals surface area contributed by atoms with E-state index in [1.807, 2.05) is 6.92 Å². The molecule has 72 valence electrons. The fourth-order valence-corrected chi connectivity index (χ4v) is 1.66. The summed E-state index contributed by atoms with van der Waals surface area (Å²) in [7, 11) is 0. The molecule has 0 spiro atoms. The SMILES string of the molecule is CCOc1cccc2c1C(=O)CC2=O. The van der Waals surface area contributed by atoms with Crippen molar-refractivity contribution in [2.75, 3.05) is 6.61 Å². The Kier molecular flexibility index (Phi) is 2.08. The molecular formula is C11H10O3. The molecule has 0 heterocycles. The minimum absolute atomic E-state index is 0.0145. The Morgan fingerprint density at radius 1 is 1.29 bits per heavy atom. The fourth-order valence-electron chi connectivity index (χ4n) is 1.66. The summed E-state index contributed by atoms with van der Waals surface area (Å²) in [6, 6.07) is 5.13. The number of rotatable bonds is 2. The molecule has 2 rings (SSSR count). The first-order valence-corrected chi connectivity index (χ1v) is 4.56. The van der Waals surface area contributed by atoms with Crippen LogP contribution in [0.2, 0.25) is 0 Å². The number of hydrogen-bond acceptors (Lipinski definition) is 3. The molecule has 3 heteroatoms. The van der Waals surface area contributed by atoms with E-state index in [2.05, 4.69) is 0 Å². The summed E-state index contributed by atoms with van der Waals surface area (Å²) >= 11 is 0. The lowest BCUT2D eigenvalue weighted by Crippen LogP contribution is -1.99. The normalized spacial score (nSPS) is 14.4. The van der Waals surface area contributed by atoms with Gasteiger partial charge in [-0.3, -0.25) is 9.59 Å². The van der Waals surface area contributed by atoms with Gasteiger partial charge in [0.2, 0.25) is 0 Å². The Labute approximate surface area is 81.7 Å². The summed E-state index contributed by atoms with van der Waals surface area (Å²) < 4.78 is 5.29. The molecule has 0 aromatic heterocycles. The molecule has 0 unspecified atom stereocenters. The molecule has 1 aliphatic rings. The van der Waals surface area contributed by atoms with E-state index >= 15 is 0 Å². The van der Waals surface area contributed by atoms with Gasteiger partial charge in [-0.25, -0.2) is 0 Å². The largest absolute Gasteiger partial charge is 0.493 e. The molecule has 0 bridgehead atoms. The van der Waals surface area contributed by atoms with Gasteiger partial charge in [0.05, 0.1) is 18.6 Å². The Hall–Kier alpha value is -1.64. The van der Waals surface area contributed by atoms with Gasteiger partial charge in [-0.05, 0) is 13.0 Å². The zero-order valence-electron chi connectivity index (χ0n) is 7.87. The average molecular weight is 190 g/mol. The number of ketones is 2. The summed E-state index contributed by atoms with van der Waals surface area (Å²) in [6.07, 6.45) is -0.0145. The van der Waals surface area contributed by atoms with Gasteiger partial charge in [-0.2, -0.15) is 0 Å². The lowest BCUT2D eigenvalue weighted by Gasteiger charge is -2.06. The maximum absolute atomic E-state index is 11.5. The lowest BCUT2D eigenvalue weighted by molar-refractivity contribution is 0.0922. The Morgan fingerprint density at radius 2 is 2.07 bits per heavy atom. The fraction of sp³-hybridized carbons (Fsp3) is 0.273. The van der Waals surface area contributed by atoms with E-state index in [1.54, 1.807) is 18.2 Å². The highest BCUT2D eigenvalue weighted by molar-refractivity contribution is 6.25. The second-order valence-electron chi connectivity index (χ2n) is 3.13. The predicted molar refractivity (Wildman–Crippen MR) is 50.9 cm³/mol. The maximum Gasteiger partial charge on any atom is 0.175 e. The number of carbonyl (C=O) groups is 2. The van der Waals surface area contributed by atoms with Crippen molar-refractivity contribution in [3.8, 4) is 5.75 Å². The van der Waals surface area contributed by atoms with Crippen molar-refractivity contribution in [1.82, 2.24) is 0 Å². The van der Waals surface area contributed by atoms with E-state index in [4.69, 9.17) is 4.74 Å². The molecular weight excluding hydrogens is 180 g/mol. The standard InChI is InChI=1S/C11H10O3/c1-2-14-10-5-3-4-7-8(12)6-9(13)11(7)10/h3-5H,2,6H2,1H3. The maximum atomic E-state index is 11.5. The van der Waals surface area contributed by atoms with Crippen molar-refractivity contribution in [2.24, 2.45) is 0 Å². The number of carbonyl (C=O) groups excluding carboxylic acids is 2. The average Bonchev–Trinajstić information content (AvgIpc) is 2.44. The topological polar surface area (TPSA) is 43.4 Å². The third kappa shape index (κ3) is 1.21. The molecule has 0 fully saturated rings. The van der Waals surface area contributed by atoms with E-state index < -0.39 is 0 Å². The molecule has 0 N–H and O–H groups in total. The number of Topliss-reactive ketones (excluding diaryl/α,β-unsaturated/α-hetero) is 2. The minimum atomic E-state index is -0.131. The van der Waals surface area contributed by atoms with E-state index in [0.29, 0.717) is 23.5 Å². The molecule has 0 aliphatic heterocycles. The number of fused-ring (bicyclic) bond motifs is 1. The van der Waals surface area contributed by atoms with Crippen molar-refractivity contribution in [3.63, 3.8) is 0 Å². The first-order chi connectivity index (χ1) is 6.74. The molecule has 0 saturated carbocycles. The summed E-state index contributed by atoms with van der Waals surface area (Å²) in [4.78, 5) is 22.8. The monoisotopic (exact) mass is 190 g/mol. The zero-order chi connectivity index (χ0) is 10.1. The van der Waals surface area contributed by atoms with E-state index in [1.165, 1.54) is 0 Å². The third-order valence-electron chi connectivity index (χ3n) is 2.23. The van der Waals surface area contributed by atoms with Crippen LogP contribution in [0.5, 0.6) is 5.75 Å². The predicted octanol–water partition coefficient (Wildman–Crippen LogP) is 1.85. The zero-order valence-corrected chi connectivity index (χ0v) is 7.87. The van der Waals surface area contributed by atoms with Crippen LogP contribution >= 0.6 is 0 Å². The van der Waals surface area contributed by atoms with Crippen LogP contribution in [0, 0.1) is 0 Å². The molecule has 0 amide bonds. The Bertz CT molecular complexity index is 407. The highest BCUT2D eigenvalue weighted by Gasteiger charge is 2.30. The van der Waals surface area contributed by atoms with E-state index in [-0.39, 0.29) is 18.0 Å². The van der Waals surface area contributed by atoms with Crippen LogP contribution in [0.4, 0.5) is 0 Å². The van der Waals surface area contributed by atoms with Crippen LogP contribution in [0.3, 0.4) is 0 Å². The van der Waals surface area contributed by atoms with Gasteiger partial charge in [-0.15, -0.1) is 0 Å². The number of hydrogen-bond donors (Lipinski definition) is 0.